The predicted molar refractivity (Wildman–Crippen MR) is 75.2 cm³/mol. The fourth-order valence-electron chi connectivity index (χ4n) is 2.70. The van der Waals surface area contributed by atoms with Crippen LogP contribution in [0.15, 0.2) is 18.2 Å². The Balaban J connectivity index is 2.13. The van der Waals surface area contributed by atoms with E-state index in [0.29, 0.717) is 11.1 Å². The van der Waals surface area contributed by atoms with Gasteiger partial charge in [-0.25, -0.2) is 0 Å². The van der Waals surface area contributed by atoms with Crippen molar-refractivity contribution in [2.75, 3.05) is 7.05 Å². The fraction of sp³-hybridized carbons (Fsp3) is 0.533. The Kier molecular flexibility index (Phi) is 4.10. The van der Waals surface area contributed by atoms with Crippen LogP contribution in [0.4, 0.5) is 0 Å². The smallest absolute Gasteiger partial charge is 0.254 e. The first-order valence-corrected chi connectivity index (χ1v) is 6.82. The minimum absolute atomic E-state index is 0.0196. The zero-order valence-electron chi connectivity index (χ0n) is 11.6. The van der Waals surface area contributed by atoms with Crippen molar-refractivity contribution in [3.8, 4) is 5.75 Å². The SMILES string of the molecule is Cc1c(O)cccc1C(=O)N(C)C1CCC(N)CC1. The number of rotatable bonds is 2. The van der Waals surface area contributed by atoms with Gasteiger partial charge >= 0.3 is 0 Å². The molecule has 0 atom stereocenters. The van der Waals surface area contributed by atoms with Gasteiger partial charge in [0.15, 0.2) is 0 Å². The van der Waals surface area contributed by atoms with Gasteiger partial charge in [0.25, 0.3) is 5.91 Å². The third-order valence-corrected chi connectivity index (χ3v) is 4.15. The van der Waals surface area contributed by atoms with Gasteiger partial charge in [0.2, 0.25) is 0 Å². The number of carbonyl (C=O) groups excluding carboxylic acids is 1. The minimum atomic E-state index is -0.0196. The summed E-state index contributed by atoms with van der Waals surface area (Å²) in [5, 5.41) is 9.69. The average Bonchev–Trinajstić information content (AvgIpc) is 2.41. The van der Waals surface area contributed by atoms with E-state index in [0.717, 1.165) is 25.7 Å². The lowest BCUT2D eigenvalue weighted by atomic mass is 9.90. The van der Waals surface area contributed by atoms with Crippen molar-refractivity contribution in [1.82, 2.24) is 4.90 Å². The molecule has 1 fully saturated rings. The summed E-state index contributed by atoms with van der Waals surface area (Å²) in [6.45, 7) is 1.77. The van der Waals surface area contributed by atoms with E-state index in [1.165, 1.54) is 0 Å². The number of nitrogens with two attached hydrogens (primary N) is 1. The van der Waals surface area contributed by atoms with Gasteiger partial charge in [-0.05, 0) is 44.7 Å². The highest BCUT2D eigenvalue weighted by atomic mass is 16.3. The Hall–Kier alpha value is -1.55. The lowest BCUT2D eigenvalue weighted by molar-refractivity contribution is 0.0688. The highest BCUT2D eigenvalue weighted by molar-refractivity contribution is 5.96. The zero-order chi connectivity index (χ0) is 14.0. The van der Waals surface area contributed by atoms with Gasteiger partial charge in [0.1, 0.15) is 5.75 Å². The van der Waals surface area contributed by atoms with Crippen molar-refractivity contribution in [2.24, 2.45) is 5.73 Å². The van der Waals surface area contributed by atoms with E-state index in [1.807, 2.05) is 7.05 Å². The molecule has 1 aliphatic carbocycles. The maximum atomic E-state index is 12.5. The topological polar surface area (TPSA) is 66.6 Å². The van der Waals surface area contributed by atoms with Crippen LogP contribution in [0.3, 0.4) is 0 Å². The van der Waals surface area contributed by atoms with Crippen LogP contribution in [0.2, 0.25) is 0 Å². The number of amides is 1. The van der Waals surface area contributed by atoms with Gasteiger partial charge < -0.3 is 15.7 Å². The van der Waals surface area contributed by atoms with Crippen LogP contribution < -0.4 is 5.73 Å². The molecule has 0 radical (unpaired) electrons. The zero-order valence-corrected chi connectivity index (χ0v) is 11.6. The molecule has 1 amide bonds. The fourth-order valence-corrected chi connectivity index (χ4v) is 2.70. The van der Waals surface area contributed by atoms with Crippen LogP contribution in [0.1, 0.15) is 41.6 Å². The second kappa shape index (κ2) is 5.61. The summed E-state index contributed by atoms with van der Waals surface area (Å²) in [5.74, 6) is 0.152. The van der Waals surface area contributed by atoms with Crippen LogP contribution in [0, 0.1) is 6.92 Å². The van der Waals surface area contributed by atoms with E-state index in [-0.39, 0.29) is 23.7 Å². The summed E-state index contributed by atoms with van der Waals surface area (Å²) >= 11 is 0. The van der Waals surface area contributed by atoms with Crippen LogP contribution in [0.5, 0.6) is 5.75 Å². The van der Waals surface area contributed by atoms with Gasteiger partial charge in [-0.1, -0.05) is 6.07 Å². The number of aromatic hydroxyl groups is 1. The van der Waals surface area contributed by atoms with Crippen LogP contribution in [-0.4, -0.2) is 35.0 Å². The molecule has 4 heteroatoms. The Bertz CT molecular complexity index is 465. The first kappa shape index (κ1) is 13.9. The largest absolute Gasteiger partial charge is 0.508 e. The normalized spacial score (nSPS) is 23.1. The van der Waals surface area contributed by atoms with Crippen LogP contribution in [-0.2, 0) is 0 Å². The van der Waals surface area contributed by atoms with Crippen molar-refractivity contribution in [2.45, 2.75) is 44.7 Å². The van der Waals surface area contributed by atoms with E-state index in [2.05, 4.69) is 0 Å². The number of phenols is 1. The van der Waals surface area contributed by atoms with Gasteiger partial charge in [-0.15, -0.1) is 0 Å². The molecular formula is C15H22N2O2. The summed E-state index contributed by atoms with van der Waals surface area (Å²) in [5.41, 5.74) is 7.12. The van der Waals surface area contributed by atoms with E-state index in [4.69, 9.17) is 5.73 Å². The highest BCUT2D eigenvalue weighted by Gasteiger charge is 2.26. The lowest BCUT2D eigenvalue weighted by Crippen LogP contribution is -2.42. The Morgan fingerprint density at radius 1 is 1.32 bits per heavy atom. The molecule has 1 aromatic rings. The third kappa shape index (κ3) is 2.89. The highest BCUT2D eigenvalue weighted by Crippen LogP contribution is 2.25. The predicted octanol–water partition coefficient (Wildman–Crippen LogP) is 2.04. The maximum absolute atomic E-state index is 12.5. The quantitative estimate of drug-likeness (QED) is 0.857. The van der Waals surface area contributed by atoms with Gasteiger partial charge in [-0.3, -0.25) is 4.79 Å². The molecule has 0 unspecified atom stereocenters. The van der Waals surface area contributed by atoms with Gasteiger partial charge in [-0.2, -0.15) is 0 Å². The molecule has 2 rings (SSSR count). The molecular weight excluding hydrogens is 240 g/mol. The van der Waals surface area contributed by atoms with Crippen molar-refractivity contribution < 1.29 is 9.90 Å². The summed E-state index contributed by atoms with van der Waals surface area (Å²) < 4.78 is 0. The molecule has 0 aliphatic heterocycles. The number of hydrogen-bond donors (Lipinski definition) is 2. The number of benzene rings is 1. The summed E-state index contributed by atoms with van der Waals surface area (Å²) in [7, 11) is 1.84. The van der Waals surface area contributed by atoms with Gasteiger partial charge in [0.05, 0.1) is 0 Å². The molecule has 0 aromatic heterocycles. The number of hydrogen-bond acceptors (Lipinski definition) is 3. The van der Waals surface area contributed by atoms with Crippen molar-refractivity contribution in [3.63, 3.8) is 0 Å². The van der Waals surface area contributed by atoms with Crippen molar-refractivity contribution in [1.29, 1.82) is 0 Å². The van der Waals surface area contributed by atoms with E-state index in [9.17, 15) is 9.90 Å². The van der Waals surface area contributed by atoms with E-state index in [1.54, 1.807) is 30.0 Å². The summed E-state index contributed by atoms with van der Waals surface area (Å²) in [4.78, 5) is 14.3. The van der Waals surface area contributed by atoms with Gasteiger partial charge in [0, 0.05) is 30.3 Å². The molecule has 4 nitrogen and oxygen atoms in total. The number of nitrogens with zero attached hydrogens (tertiary/aromatic N) is 1. The monoisotopic (exact) mass is 262 g/mol. The maximum Gasteiger partial charge on any atom is 0.254 e. The number of phenolic OH excluding ortho intramolecular Hbond substituents is 1. The standard InChI is InChI=1S/C15H22N2O2/c1-10-13(4-3-5-14(10)18)15(19)17(2)12-8-6-11(16)7-9-12/h3-5,11-12,18H,6-9,16H2,1-2H3. The summed E-state index contributed by atoms with van der Waals surface area (Å²) in [6.07, 6.45) is 3.87. The molecule has 0 saturated heterocycles. The molecule has 1 saturated carbocycles. The first-order valence-electron chi connectivity index (χ1n) is 6.82. The second-order valence-corrected chi connectivity index (χ2v) is 5.43. The van der Waals surface area contributed by atoms with E-state index >= 15 is 0 Å². The minimum Gasteiger partial charge on any atom is -0.508 e. The molecule has 0 bridgehead atoms. The third-order valence-electron chi connectivity index (χ3n) is 4.15. The average molecular weight is 262 g/mol. The van der Waals surface area contributed by atoms with E-state index < -0.39 is 0 Å². The van der Waals surface area contributed by atoms with Crippen LogP contribution in [0.25, 0.3) is 0 Å². The number of carbonyl (C=O) groups is 1. The van der Waals surface area contributed by atoms with Crippen molar-refractivity contribution >= 4 is 5.91 Å². The second-order valence-electron chi connectivity index (χ2n) is 5.43. The molecule has 3 N–H and O–H groups in total. The van der Waals surface area contributed by atoms with Crippen molar-refractivity contribution in [3.05, 3.63) is 29.3 Å². The molecule has 0 heterocycles. The Labute approximate surface area is 114 Å². The summed E-state index contributed by atoms with van der Waals surface area (Å²) in [6, 6.07) is 5.62. The molecule has 1 aliphatic rings. The molecule has 0 spiro atoms. The molecule has 1 aromatic carbocycles. The molecule has 19 heavy (non-hydrogen) atoms. The first-order chi connectivity index (χ1) is 9.00. The lowest BCUT2D eigenvalue weighted by Gasteiger charge is -2.33. The van der Waals surface area contributed by atoms with Crippen LogP contribution >= 0.6 is 0 Å². The Morgan fingerprint density at radius 3 is 2.58 bits per heavy atom. The molecule has 104 valence electrons. The Morgan fingerprint density at radius 2 is 1.95 bits per heavy atom.